The Labute approximate surface area is 211 Å². The minimum absolute atomic E-state index is 0.0109. The Morgan fingerprint density at radius 1 is 1.30 bits per heavy atom. The van der Waals surface area contributed by atoms with Crippen molar-refractivity contribution in [1.29, 1.82) is 0 Å². The summed E-state index contributed by atoms with van der Waals surface area (Å²) in [6, 6.07) is -0.779. The number of aromatic nitrogens is 6. The van der Waals surface area contributed by atoms with Crippen LogP contribution < -0.4 is 16.2 Å². The molecule has 0 aromatic carbocycles. The monoisotopic (exact) mass is 542 g/mol. The summed E-state index contributed by atoms with van der Waals surface area (Å²) < 4.78 is 47.8. The molecule has 2 atom stereocenters. The Hall–Kier alpha value is -3.75. The number of carbonyl (C=O) groups excluding carboxylic acids is 2. The molecule has 16 heteroatoms. The van der Waals surface area contributed by atoms with Gasteiger partial charge in [0.1, 0.15) is 22.6 Å². The second kappa shape index (κ2) is 10.3. The second-order valence-electron chi connectivity index (χ2n) is 8.80. The van der Waals surface area contributed by atoms with Crippen molar-refractivity contribution in [2.45, 2.75) is 57.5 Å². The number of aromatic amines is 1. The van der Waals surface area contributed by atoms with Gasteiger partial charge in [0.2, 0.25) is 11.8 Å². The number of hydrogen-bond donors (Lipinski definition) is 3. The summed E-state index contributed by atoms with van der Waals surface area (Å²) in [4.78, 5) is 38.0. The average Bonchev–Trinajstić information content (AvgIpc) is 3.44. The number of rotatable bonds is 7. The van der Waals surface area contributed by atoms with Gasteiger partial charge >= 0.3 is 0 Å². The molecule has 0 radical (unpaired) electrons. The lowest BCUT2D eigenvalue weighted by atomic mass is 9.81. The van der Waals surface area contributed by atoms with Crippen molar-refractivity contribution < 1.29 is 27.4 Å². The molecule has 3 heterocycles. The minimum atomic E-state index is -2.87. The van der Waals surface area contributed by atoms with Crippen LogP contribution in [-0.2, 0) is 4.79 Å². The van der Waals surface area contributed by atoms with Gasteiger partial charge in [0.05, 0.1) is 12.2 Å². The van der Waals surface area contributed by atoms with E-state index in [1.165, 1.54) is 13.0 Å². The van der Waals surface area contributed by atoms with E-state index < -0.39 is 60.1 Å². The summed E-state index contributed by atoms with van der Waals surface area (Å²) >= 11 is 5.83. The summed E-state index contributed by atoms with van der Waals surface area (Å²) in [5.74, 6) is -6.22. The standard InChI is InChI=1S/C21H22ClF3N8O4/c1-9-15(32-37-31-9)19(35)27-16(11-3-5-21(24,25)6-4-11)20(36)26-13-8-33(30-17(13)23)10(2)12-7-14(22)28-29-18(12)34/h7-8,10-11,16H,3-6H2,1-2H3,(H,26,36)(H,27,35)(H,29,34)/t10?,16-/m0/s1. The highest BCUT2D eigenvalue weighted by Crippen LogP contribution is 2.38. The lowest BCUT2D eigenvalue weighted by Gasteiger charge is -2.33. The predicted octanol–water partition coefficient (Wildman–Crippen LogP) is 2.62. The van der Waals surface area contributed by atoms with Crippen molar-refractivity contribution in [2.24, 2.45) is 5.92 Å². The summed E-state index contributed by atoms with van der Waals surface area (Å²) in [6.07, 6.45) is 0.131. The first-order valence-corrected chi connectivity index (χ1v) is 11.6. The SMILES string of the molecule is Cc1nonc1C(=O)N[C@H](C(=O)Nc1cn(C(C)c2cc(Cl)n[nH]c2=O)nc1F)C1CCC(F)(F)CC1. The zero-order chi connectivity index (χ0) is 26.9. The fourth-order valence-corrected chi connectivity index (χ4v) is 4.31. The molecule has 1 aliphatic rings. The molecule has 0 bridgehead atoms. The number of nitrogens with one attached hydrogen (secondary N) is 3. The number of anilines is 1. The van der Waals surface area contributed by atoms with Crippen molar-refractivity contribution in [3.63, 3.8) is 0 Å². The number of halogens is 4. The first kappa shape index (κ1) is 26.3. The summed E-state index contributed by atoms with van der Waals surface area (Å²) in [5, 5.41) is 21.4. The van der Waals surface area contributed by atoms with Gasteiger partial charge in [-0.15, -0.1) is 5.10 Å². The van der Waals surface area contributed by atoms with E-state index in [9.17, 15) is 27.6 Å². The second-order valence-corrected chi connectivity index (χ2v) is 9.18. The Morgan fingerprint density at radius 3 is 2.65 bits per heavy atom. The van der Waals surface area contributed by atoms with Crippen LogP contribution in [-0.4, -0.2) is 54.1 Å². The van der Waals surface area contributed by atoms with E-state index in [4.69, 9.17) is 11.6 Å². The molecule has 1 saturated carbocycles. The molecular weight excluding hydrogens is 521 g/mol. The summed E-state index contributed by atoms with van der Waals surface area (Å²) in [7, 11) is 0. The third kappa shape index (κ3) is 5.81. The molecule has 2 amide bonds. The van der Waals surface area contributed by atoms with E-state index in [1.54, 1.807) is 6.92 Å². The highest BCUT2D eigenvalue weighted by molar-refractivity contribution is 6.29. The number of carbonyl (C=O) groups is 2. The molecule has 3 aromatic heterocycles. The number of alkyl halides is 2. The third-order valence-electron chi connectivity index (χ3n) is 6.26. The Bertz CT molecular complexity index is 1360. The van der Waals surface area contributed by atoms with Gasteiger partial charge in [-0.25, -0.2) is 18.5 Å². The van der Waals surface area contributed by atoms with Crippen molar-refractivity contribution in [2.75, 3.05) is 5.32 Å². The predicted molar refractivity (Wildman–Crippen MR) is 122 cm³/mol. The van der Waals surface area contributed by atoms with Crippen LogP contribution in [0.3, 0.4) is 0 Å². The molecule has 12 nitrogen and oxygen atoms in total. The molecule has 0 saturated heterocycles. The van der Waals surface area contributed by atoms with Crippen LogP contribution in [0.5, 0.6) is 0 Å². The molecular formula is C21H22ClF3N8O4. The van der Waals surface area contributed by atoms with E-state index >= 15 is 0 Å². The van der Waals surface area contributed by atoms with Crippen LogP contribution in [0.1, 0.15) is 60.4 Å². The van der Waals surface area contributed by atoms with Gasteiger partial charge < -0.3 is 10.6 Å². The van der Waals surface area contributed by atoms with Gasteiger partial charge in [0.15, 0.2) is 5.69 Å². The van der Waals surface area contributed by atoms with Crippen LogP contribution in [0.25, 0.3) is 0 Å². The van der Waals surface area contributed by atoms with Gasteiger partial charge in [-0.1, -0.05) is 16.8 Å². The van der Waals surface area contributed by atoms with Gasteiger partial charge in [-0.3, -0.25) is 19.1 Å². The molecule has 198 valence electrons. The highest BCUT2D eigenvalue weighted by Gasteiger charge is 2.41. The van der Waals surface area contributed by atoms with E-state index in [-0.39, 0.29) is 40.6 Å². The Morgan fingerprint density at radius 2 is 2.00 bits per heavy atom. The first-order chi connectivity index (χ1) is 17.4. The molecule has 3 aromatic rings. The molecule has 1 fully saturated rings. The molecule has 1 aliphatic carbocycles. The quantitative estimate of drug-likeness (QED) is 0.410. The van der Waals surface area contributed by atoms with Gasteiger partial charge in [-0.05, 0) is 43.8 Å². The first-order valence-electron chi connectivity index (χ1n) is 11.2. The number of amides is 2. The van der Waals surface area contributed by atoms with Crippen LogP contribution in [0, 0.1) is 18.8 Å². The molecule has 1 unspecified atom stereocenters. The van der Waals surface area contributed by atoms with E-state index in [0.29, 0.717) is 0 Å². The van der Waals surface area contributed by atoms with Crippen molar-refractivity contribution >= 4 is 29.1 Å². The topological polar surface area (TPSA) is 161 Å². The van der Waals surface area contributed by atoms with Crippen LogP contribution in [0.15, 0.2) is 21.7 Å². The van der Waals surface area contributed by atoms with Crippen LogP contribution in [0.2, 0.25) is 5.15 Å². The fourth-order valence-electron chi connectivity index (χ4n) is 4.15. The van der Waals surface area contributed by atoms with Gasteiger partial charge in [0.25, 0.3) is 17.4 Å². The lowest BCUT2D eigenvalue weighted by Crippen LogP contribution is -2.50. The van der Waals surface area contributed by atoms with Crippen molar-refractivity contribution in [1.82, 2.24) is 35.6 Å². The lowest BCUT2D eigenvalue weighted by molar-refractivity contribution is -0.121. The Balaban J connectivity index is 1.56. The molecule has 37 heavy (non-hydrogen) atoms. The van der Waals surface area contributed by atoms with Crippen molar-refractivity contribution in [3.05, 3.63) is 50.7 Å². The number of nitrogens with zero attached hydrogens (tertiary/aromatic N) is 5. The van der Waals surface area contributed by atoms with E-state index in [1.807, 2.05) is 0 Å². The number of aryl methyl sites for hydroxylation is 1. The Kier molecular flexibility index (Phi) is 7.34. The average molecular weight is 543 g/mol. The molecule has 0 aliphatic heterocycles. The van der Waals surface area contributed by atoms with Crippen LogP contribution in [0.4, 0.5) is 18.9 Å². The highest BCUT2D eigenvalue weighted by atomic mass is 35.5. The number of H-pyrrole nitrogens is 1. The maximum atomic E-state index is 14.7. The minimum Gasteiger partial charge on any atom is -0.338 e. The van der Waals surface area contributed by atoms with Gasteiger partial charge in [0, 0.05) is 18.4 Å². The summed E-state index contributed by atoms with van der Waals surface area (Å²) in [5.41, 5.74) is -0.765. The smallest absolute Gasteiger partial charge is 0.276 e. The zero-order valence-corrected chi connectivity index (χ0v) is 20.4. The fraction of sp³-hybridized carbons (Fsp3) is 0.476. The maximum Gasteiger partial charge on any atom is 0.276 e. The normalized spacial score (nSPS) is 17.2. The molecule has 4 rings (SSSR count). The third-order valence-corrected chi connectivity index (χ3v) is 6.46. The van der Waals surface area contributed by atoms with E-state index in [0.717, 1.165) is 10.9 Å². The van der Waals surface area contributed by atoms with Gasteiger partial charge in [-0.2, -0.15) is 9.49 Å². The molecule has 3 N–H and O–H groups in total. The van der Waals surface area contributed by atoms with Crippen LogP contribution >= 0.6 is 11.6 Å². The largest absolute Gasteiger partial charge is 0.338 e. The van der Waals surface area contributed by atoms with Crippen molar-refractivity contribution in [3.8, 4) is 0 Å². The summed E-state index contributed by atoms with van der Waals surface area (Å²) in [6.45, 7) is 3.02. The zero-order valence-electron chi connectivity index (χ0n) is 19.6. The molecule has 0 spiro atoms. The van der Waals surface area contributed by atoms with E-state index in [2.05, 4.69) is 40.9 Å². The maximum absolute atomic E-state index is 14.7. The number of hydrogen-bond acceptors (Lipinski definition) is 8.